The van der Waals surface area contributed by atoms with E-state index in [0.717, 1.165) is 106 Å². The van der Waals surface area contributed by atoms with Crippen LogP contribution in [0.4, 0.5) is 0 Å². The number of primary amides is 1. The third-order valence-corrected chi connectivity index (χ3v) is 21.0. The molecule has 1 amide bonds. The van der Waals surface area contributed by atoms with E-state index in [1.807, 2.05) is 228 Å². The van der Waals surface area contributed by atoms with Crippen molar-refractivity contribution in [1.29, 1.82) is 5.26 Å². The smallest absolute Gasteiger partial charge is 0.316 e. The van der Waals surface area contributed by atoms with E-state index < -0.39 is 43.8 Å². The predicted octanol–water partition coefficient (Wildman–Crippen LogP) is 19.9. The molecule has 0 spiro atoms. The third-order valence-electron chi connectivity index (χ3n) is 21.0. The van der Waals surface area contributed by atoms with Crippen LogP contribution in [0.3, 0.4) is 0 Å². The maximum atomic E-state index is 12.1. The van der Waals surface area contributed by atoms with Gasteiger partial charge in [-0.3, -0.25) is 38.4 Å². The zero-order valence-corrected chi connectivity index (χ0v) is 75.3. The molecule has 115 heavy (non-hydrogen) atoms. The van der Waals surface area contributed by atoms with Gasteiger partial charge in [-0.2, -0.15) is 5.26 Å². The van der Waals surface area contributed by atoms with Crippen LogP contribution in [-0.4, -0.2) is 111 Å². The number of para-hydroxylation sites is 1. The van der Waals surface area contributed by atoms with Gasteiger partial charge in [-0.25, -0.2) is 13.6 Å². The summed E-state index contributed by atoms with van der Waals surface area (Å²) in [5.74, 6) is 4.42. The van der Waals surface area contributed by atoms with Crippen LogP contribution in [0.5, 0.6) is 17.2 Å². The van der Waals surface area contributed by atoms with Crippen LogP contribution in [0.25, 0.3) is 21.5 Å². The van der Waals surface area contributed by atoms with E-state index in [1.54, 1.807) is 82.4 Å². The van der Waals surface area contributed by atoms with Crippen LogP contribution < -0.4 is 25.1 Å². The Hall–Kier alpha value is -8.30. The second kappa shape index (κ2) is 56.9. The van der Waals surface area contributed by atoms with E-state index in [9.17, 15) is 47.1 Å². The van der Waals surface area contributed by atoms with Crippen LogP contribution in [0.2, 0.25) is 0 Å². The highest BCUT2D eigenvalue weighted by Gasteiger charge is 2.35. The molecule has 2 atom stereocenters. The van der Waals surface area contributed by atoms with Crippen molar-refractivity contribution in [2.75, 3.05) is 27.6 Å². The third kappa shape index (κ3) is 47.5. The van der Waals surface area contributed by atoms with Crippen molar-refractivity contribution in [3.63, 3.8) is 0 Å². The lowest BCUT2D eigenvalue weighted by Gasteiger charge is -2.30. The number of amides is 1. The first kappa shape index (κ1) is 111. The number of carbonyl (C=O) groups excluding carboxylic acids is 7. The molecule has 23 heteroatoms. The topological polar surface area (TPSA) is 363 Å². The number of hydrogen-bond donors (Lipinski definition) is 5. The number of aliphatic hydroxyl groups excluding tert-OH is 2. The fraction of sp³-hybridized carbons (Fsp3) is 0.620. The van der Waals surface area contributed by atoms with Gasteiger partial charge >= 0.3 is 35.8 Å². The quantitative estimate of drug-likeness (QED) is 0.0348. The Morgan fingerprint density at radius 3 is 0.939 bits per heavy atom. The number of aliphatic carboxylic acids is 1. The maximum Gasteiger partial charge on any atom is 0.316 e. The van der Waals surface area contributed by atoms with Gasteiger partial charge in [0, 0.05) is 38.7 Å². The number of nitriles is 1. The first-order valence-electron chi connectivity index (χ1n) is 40.4. The summed E-state index contributed by atoms with van der Waals surface area (Å²) in [5, 5.41) is 39.8. The van der Waals surface area contributed by atoms with Crippen molar-refractivity contribution in [2.45, 2.75) is 286 Å². The molecule has 10 rings (SSSR count). The van der Waals surface area contributed by atoms with Gasteiger partial charge in [0.2, 0.25) is 15.9 Å². The normalized spacial score (nSPS) is 17.2. The monoisotopic (exact) mass is 1630 g/mol. The van der Waals surface area contributed by atoms with Gasteiger partial charge in [-0.1, -0.05) is 190 Å². The van der Waals surface area contributed by atoms with Crippen molar-refractivity contribution in [3.05, 3.63) is 115 Å². The zero-order valence-electron chi connectivity index (χ0n) is 74.5. The van der Waals surface area contributed by atoms with Crippen molar-refractivity contribution < 1.29 is 90.5 Å². The molecule has 650 valence electrons. The van der Waals surface area contributed by atoms with Crippen molar-refractivity contribution >= 4 is 79.3 Å². The van der Waals surface area contributed by atoms with E-state index in [2.05, 4.69) is 20.3 Å². The molecule has 5 fully saturated rings. The number of aliphatic hydroxyl groups is 2. The second-order valence-corrected chi connectivity index (χ2v) is 34.7. The first-order chi connectivity index (χ1) is 53.5. The molecule has 0 radical (unpaired) electrons. The average molecular weight is 1630 g/mol. The van der Waals surface area contributed by atoms with E-state index in [-0.39, 0.29) is 58.7 Å². The lowest BCUT2D eigenvalue weighted by Crippen LogP contribution is -2.38. The maximum absolute atomic E-state index is 12.1. The minimum atomic E-state index is -3.17. The van der Waals surface area contributed by atoms with Crippen LogP contribution in [0, 0.1) is 67.5 Å². The summed E-state index contributed by atoms with van der Waals surface area (Å²) in [6, 6.07) is 38.2. The van der Waals surface area contributed by atoms with Crippen molar-refractivity contribution in [2.24, 2.45) is 67.0 Å². The summed E-state index contributed by atoms with van der Waals surface area (Å²) in [4.78, 5) is 87.5. The molecular weight excluding hydrogens is 1480 g/mol. The van der Waals surface area contributed by atoms with Crippen LogP contribution in [0.1, 0.15) is 274 Å². The Balaban J connectivity index is -0.00000123. The second-order valence-electron chi connectivity index (χ2n) is 33.1. The summed E-state index contributed by atoms with van der Waals surface area (Å²) in [6.45, 7) is 38.3. The number of carbonyl (C=O) groups is 8. The highest BCUT2D eigenvalue weighted by Crippen LogP contribution is 2.45. The van der Waals surface area contributed by atoms with Crippen LogP contribution in [0.15, 0.2) is 115 Å². The number of primary sulfonamides is 1. The predicted molar refractivity (Wildman–Crippen MR) is 461 cm³/mol. The van der Waals surface area contributed by atoms with E-state index in [4.69, 9.17) is 39.2 Å². The number of rotatable bonds is 16. The van der Waals surface area contributed by atoms with Crippen LogP contribution >= 0.6 is 0 Å². The molecule has 4 bridgehead atoms. The van der Waals surface area contributed by atoms with Gasteiger partial charge in [0.25, 0.3) is 5.97 Å². The van der Waals surface area contributed by atoms with Crippen molar-refractivity contribution in [1.82, 2.24) is 0 Å². The Morgan fingerprint density at radius 2 is 0.687 bits per heavy atom. The van der Waals surface area contributed by atoms with E-state index in [0.29, 0.717) is 17.2 Å². The number of sulfonamides is 1. The molecule has 5 aromatic carbocycles. The van der Waals surface area contributed by atoms with Gasteiger partial charge in [0.05, 0.1) is 65.1 Å². The number of esters is 6. The fourth-order valence-corrected chi connectivity index (χ4v) is 11.1. The number of benzene rings is 5. The Kier molecular flexibility index (Phi) is 54.9. The summed E-state index contributed by atoms with van der Waals surface area (Å²) in [6.07, 6.45) is 24.2. The highest BCUT2D eigenvalue weighted by atomic mass is 32.2. The van der Waals surface area contributed by atoms with Gasteiger partial charge in [0.15, 0.2) is 0 Å². The molecule has 22 nitrogen and oxygen atoms in total. The molecule has 5 aromatic rings. The van der Waals surface area contributed by atoms with Gasteiger partial charge in [0.1, 0.15) is 23.4 Å². The van der Waals surface area contributed by atoms with Gasteiger partial charge < -0.3 is 49.5 Å². The molecule has 0 aliphatic heterocycles. The Morgan fingerprint density at radius 1 is 0.443 bits per heavy atom. The number of ether oxygens (including phenoxy) is 6. The summed E-state index contributed by atoms with van der Waals surface area (Å²) in [5.41, 5.74) is 2.12. The number of methoxy groups -OCH3 is 2. The fourth-order valence-electron chi connectivity index (χ4n) is 11.1. The number of fused-ring (bicyclic) bond motifs is 6. The summed E-state index contributed by atoms with van der Waals surface area (Å²) in [7, 11) is 0.666. The SMILES string of the molecule is C1CC2CCC1C2.C1CC2CCC1C2.CC#N.CC(=O)O.CC(N)=O.CCC(C)(C)C(=O)OC.CCC(C)(C)C(=O)OC.CCC(C)(C)C(=O)OC1CCCCC1O.CCC(C)(C)C(=O)Oc1cccc2ccccc12.CCC(C)(C)C(=O)Oc1cccc2ccccc12.CCC(C)(C)C(=O)Oc1ccccc1.CO.CS(N)(=O)=O. The summed E-state index contributed by atoms with van der Waals surface area (Å²) >= 11 is 0. The number of nitrogens with two attached hydrogens (primary N) is 2. The number of nitrogens with zero attached hydrogens (tertiary/aromatic N) is 1. The molecule has 0 saturated heterocycles. The molecule has 0 heterocycles. The lowest BCUT2D eigenvalue weighted by atomic mass is 9.89. The van der Waals surface area contributed by atoms with Gasteiger partial charge in [-0.05, 0) is 212 Å². The summed E-state index contributed by atoms with van der Waals surface area (Å²) < 4.78 is 49.6. The lowest BCUT2D eigenvalue weighted by molar-refractivity contribution is -0.168. The van der Waals surface area contributed by atoms with E-state index >= 15 is 0 Å². The molecule has 5 saturated carbocycles. The number of carboxylic acids is 1. The molecule has 5 aliphatic carbocycles. The van der Waals surface area contributed by atoms with Crippen molar-refractivity contribution in [3.8, 4) is 23.3 Å². The zero-order chi connectivity index (χ0) is 89.2. The molecular formula is C92H147N3O19S. The standard InChI is InChI=1S/2C16H18O2.C12H22O3.C12H16O2.2C7H14O2.2C7H12.C2H5NO.C2H3N.C2H4O2.CH5NO2S.CH4O/c2*1-4-16(2,3)15(17)18-14-11-7-9-12-8-5-6-10-13(12)14;1-4-12(2,3)11(14)15-10-8-6-5-7-9(10)13;1-4-12(2,3)11(13)14-10-8-6-5-7-9-10;2*1-5-7(2,3)6(8)9-4;2*1-2-7-4-3-6(1)5-7;1-2(3)4;1-2-3;1-2(3)4;1-5(2,3)4;1-2/h2*5-11H,4H2,1-3H3;9-10,13H,4-8H2,1-3H3;5-9H,4H2,1-3H3;2*5H2,1-4H3;2*6-7H,1-5H2;1H3,(H2,3,4);1H3;1H3,(H,3,4);1H3,(H2,2,3,4);2H,1H3. The highest BCUT2D eigenvalue weighted by molar-refractivity contribution is 7.88. The van der Waals surface area contributed by atoms with Gasteiger partial charge in [-0.15, -0.1) is 0 Å². The number of carboxylic acid groups (broad SMARTS) is 1. The Labute approximate surface area is 690 Å². The minimum absolute atomic E-state index is 0.134. The molecule has 5 aliphatic rings. The molecule has 0 aromatic heterocycles. The molecule has 2 unspecified atom stereocenters. The van der Waals surface area contributed by atoms with Crippen LogP contribution in [-0.2, 0) is 62.6 Å². The minimum Gasteiger partial charge on any atom is -0.481 e. The largest absolute Gasteiger partial charge is 0.481 e. The molecule has 7 N–H and O–H groups in total. The first-order valence-corrected chi connectivity index (χ1v) is 42.4. The van der Waals surface area contributed by atoms with E-state index in [1.165, 1.54) is 51.7 Å². The number of hydrogen-bond acceptors (Lipinski definition) is 19. The Bertz CT molecular complexity index is 3580. The average Bonchev–Trinajstić information content (AvgIpc) is 1.65.